The average Bonchev–Trinajstić information content (AvgIpc) is 2.64. The molecule has 0 spiro atoms. The quantitative estimate of drug-likeness (QED) is 0.751. The first-order valence-corrected chi connectivity index (χ1v) is 9.21. The van der Waals surface area contributed by atoms with Gasteiger partial charge in [-0.1, -0.05) is 24.3 Å². The minimum Gasteiger partial charge on any atom is -0.368 e. The van der Waals surface area contributed by atoms with Crippen LogP contribution in [0, 0.1) is 0 Å². The predicted octanol–water partition coefficient (Wildman–Crippen LogP) is 2.49. The highest BCUT2D eigenvalue weighted by molar-refractivity contribution is 7.85. The monoisotopic (exact) mass is 398 g/mol. The average molecular weight is 398 g/mol. The molecular weight excluding hydrogens is 381 g/mol. The summed E-state index contributed by atoms with van der Waals surface area (Å²) < 4.78 is 50.5. The maximum atomic E-state index is 12.8. The number of primary amides is 1. The zero-order valence-electron chi connectivity index (χ0n) is 14.0. The molecule has 2 amide bonds. The molecule has 0 saturated carbocycles. The summed E-state index contributed by atoms with van der Waals surface area (Å²) in [6.45, 7) is 0. The van der Waals surface area contributed by atoms with Gasteiger partial charge in [-0.15, -0.1) is 0 Å². The van der Waals surface area contributed by atoms with Crippen molar-refractivity contribution in [1.29, 1.82) is 0 Å². The lowest BCUT2D eigenvalue weighted by Crippen LogP contribution is -2.45. The van der Waals surface area contributed by atoms with E-state index in [0.29, 0.717) is 11.0 Å². The van der Waals surface area contributed by atoms with Gasteiger partial charge in [-0.25, -0.2) is 0 Å². The first-order valence-electron chi connectivity index (χ1n) is 7.89. The van der Waals surface area contributed by atoms with Gasteiger partial charge < -0.3 is 11.1 Å². The van der Waals surface area contributed by atoms with E-state index >= 15 is 0 Å². The minimum atomic E-state index is -4.59. The minimum absolute atomic E-state index is 0.0124. The number of halogens is 3. The number of hydrogen-bond acceptors (Lipinski definition) is 3. The summed E-state index contributed by atoms with van der Waals surface area (Å²) in [6.07, 6.45) is -4.60. The summed E-state index contributed by atoms with van der Waals surface area (Å²) in [5.74, 6) is -1.67. The first-order chi connectivity index (χ1) is 12.7. The molecule has 2 atom stereocenters. The lowest BCUT2D eigenvalue weighted by molar-refractivity contribution is -0.137. The second-order valence-corrected chi connectivity index (χ2v) is 7.23. The van der Waals surface area contributed by atoms with E-state index in [-0.39, 0.29) is 17.7 Å². The van der Waals surface area contributed by atoms with Crippen molar-refractivity contribution in [2.75, 3.05) is 5.75 Å². The third-order valence-electron chi connectivity index (χ3n) is 3.70. The van der Waals surface area contributed by atoms with Gasteiger partial charge in [0, 0.05) is 16.2 Å². The standard InChI is InChI=1S/C18H17F3N2O3S/c19-18(20,21)13-6-4-5-12(11-13)17(25)23-15(16(22)24)9-10-27(26)14-7-2-1-3-8-14/h1-8,11,15H,9-10H2,(H2,22,24)(H,23,25)/t15-,27+/m0/s1. The predicted molar refractivity (Wildman–Crippen MR) is 94.2 cm³/mol. The number of amides is 2. The van der Waals surface area contributed by atoms with Crippen LogP contribution in [0.25, 0.3) is 0 Å². The van der Waals surface area contributed by atoms with Gasteiger partial charge in [-0.3, -0.25) is 13.8 Å². The van der Waals surface area contributed by atoms with Crippen molar-refractivity contribution in [2.45, 2.75) is 23.5 Å². The molecule has 0 aromatic heterocycles. The van der Waals surface area contributed by atoms with Crippen LogP contribution in [0.5, 0.6) is 0 Å². The van der Waals surface area contributed by atoms with Crippen LogP contribution >= 0.6 is 0 Å². The molecule has 0 heterocycles. The Balaban J connectivity index is 2.04. The summed E-state index contributed by atoms with van der Waals surface area (Å²) in [4.78, 5) is 24.3. The number of rotatable bonds is 7. The highest BCUT2D eigenvalue weighted by Gasteiger charge is 2.31. The first kappa shape index (κ1) is 20.6. The molecule has 2 aromatic rings. The van der Waals surface area contributed by atoms with Gasteiger partial charge >= 0.3 is 6.18 Å². The zero-order chi connectivity index (χ0) is 20.0. The third-order valence-corrected chi connectivity index (χ3v) is 5.10. The number of carbonyl (C=O) groups excluding carboxylic acids is 2. The maximum Gasteiger partial charge on any atom is 0.416 e. The van der Waals surface area contributed by atoms with Crippen molar-refractivity contribution < 1.29 is 27.0 Å². The highest BCUT2D eigenvalue weighted by Crippen LogP contribution is 2.29. The van der Waals surface area contributed by atoms with Crippen molar-refractivity contribution in [3.05, 3.63) is 65.7 Å². The molecule has 0 aliphatic carbocycles. The Hall–Kier alpha value is -2.68. The molecule has 0 unspecified atom stereocenters. The largest absolute Gasteiger partial charge is 0.416 e. The lowest BCUT2D eigenvalue weighted by Gasteiger charge is -2.16. The molecule has 2 rings (SSSR count). The number of nitrogens with two attached hydrogens (primary N) is 1. The molecule has 3 N–H and O–H groups in total. The van der Waals surface area contributed by atoms with Crippen molar-refractivity contribution in [3.63, 3.8) is 0 Å². The molecule has 9 heteroatoms. The SMILES string of the molecule is NC(=O)[C@H](CC[S@@](=O)c1ccccc1)NC(=O)c1cccc(C(F)(F)F)c1. The Labute approximate surface area is 156 Å². The molecule has 144 valence electrons. The summed E-state index contributed by atoms with van der Waals surface area (Å²) >= 11 is 0. The topological polar surface area (TPSA) is 89.3 Å². The van der Waals surface area contributed by atoms with E-state index in [1.807, 2.05) is 0 Å². The number of hydrogen-bond donors (Lipinski definition) is 2. The van der Waals surface area contributed by atoms with Crippen LogP contribution in [0.4, 0.5) is 13.2 Å². The fourth-order valence-corrected chi connectivity index (χ4v) is 3.43. The van der Waals surface area contributed by atoms with E-state index in [4.69, 9.17) is 5.73 Å². The summed E-state index contributed by atoms with van der Waals surface area (Å²) in [5, 5.41) is 2.30. The molecule has 2 aromatic carbocycles. The summed E-state index contributed by atoms with van der Waals surface area (Å²) in [5.41, 5.74) is 4.03. The van der Waals surface area contributed by atoms with Crippen LogP contribution in [0.15, 0.2) is 59.5 Å². The van der Waals surface area contributed by atoms with Gasteiger partial charge in [0.1, 0.15) is 6.04 Å². The second-order valence-electron chi connectivity index (χ2n) is 5.66. The number of benzene rings is 2. The van der Waals surface area contributed by atoms with Crippen molar-refractivity contribution in [1.82, 2.24) is 5.32 Å². The molecule has 5 nitrogen and oxygen atoms in total. The van der Waals surface area contributed by atoms with E-state index < -0.39 is 40.4 Å². The summed E-state index contributed by atoms with van der Waals surface area (Å²) in [6, 6.07) is 11.2. The molecule has 0 aliphatic heterocycles. The smallest absolute Gasteiger partial charge is 0.368 e. The zero-order valence-corrected chi connectivity index (χ0v) is 14.8. The van der Waals surface area contributed by atoms with Gasteiger partial charge in [0.05, 0.1) is 16.4 Å². The van der Waals surface area contributed by atoms with Crippen molar-refractivity contribution in [3.8, 4) is 0 Å². The Morgan fingerprint density at radius 3 is 2.33 bits per heavy atom. The van der Waals surface area contributed by atoms with Gasteiger partial charge in [-0.2, -0.15) is 13.2 Å². The highest BCUT2D eigenvalue weighted by atomic mass is 32.2. The normalized spacial score (nSPS) is 13.6. The Bertz CT molecular complexity index is 841. The fraction of sp³-hybridized carbons (Fsp3) is 0.222. The van der Waals surface area contributed by atoms with Gasteiger partial charge in [0.2, 0.25) is 5.91 Å². The molecule has 0 fully saturated rings. The van der Waals surface area contributed by atoms with Crippen LogP contribution in [-0.2, 0) is 21.8 Å². The molecular formula is C18H17F3N2O3S. The van der Waals surface area contributed by atoms with Crippen LogP contribution in [0.3, 0.4) is 0 Å². The molecule has 0 saturated heterocycles. The van der Waals surface area contributed by atoms with E-state index in [0.717, 1.165) is 12.1 Å². The van der Waals surface area contributed by atoms with E-state index in [1.54, 1.807) is 30.3 Å². The molecule has 0 aliphatic rings. The van der Waals surface area contributed by atoms with Crippen molar-refractivity contribution in [2.24, 2.45) is 5.73 Å². The third kappa shape index (κ3) is 5.92. The Morgan fingerprint density at radius 2 is 1.74 bits per heavy atom. The second kappa shape index (κ2) is 8.81. The number of carbonyl (C=O) groups is 2. The maximum absolute atomic E-state index is 12.8. The van der Waals surface area contributed by atoms with Gasteiger partial charge in [-0.05, 0) is 36.8 Å². The molecule has 27 heavy (non-hydrogen) atoms. The van der Waals surface area contributed by atoms with E-state index in [1.165, 1.54) is 6.07 Å². The van der Waals surface area contributed by atoms with Gasteiger partial charge in [0.25, 0.3) is 5.91 Å². The lowest BCUT2D eigenvalue weighted by atomic mass is 10.1. The van der Waals surface area contributed by atoms with Crippen LogP contribution < -0.4 is 11.1 Å². The van der Waals surface area contributed by atoms with Crippen LogP contribution in [0.2, 0.25) is 0 Å². The Kier molecular flexibility index (Phi) is 6.73. The number of nitrogens with one attached hydrogen (secondary N) is 1. The van der Waals surface area contributed by atoms with E-state index in [9.17, 15) is 27.0 Å². The molecule has 0 bridgehead atoms. The van der Waals surface area contributed by atoms with Crippen molar-refractivity contribution >= 4 is 22.6 Å². The van der Waals surface area contributed by atoms with Gasteiger partial charge in [0.15, 0.2) is 0 Å². The Morgan fingerprint density at radius 1 is 1.07 bits per heavy atom. The van der Waals surface area contributed by atoms with Crippen LogP contribution in [0.1, 0.15) is 22.3 Å². The molecule has 0 radical (unpaired) electrons. The van der Waals surface area contributed by atoms with E-state index in [2.05, 4.69) is 5.32 Å². The van der Waals surface area contributed by atoms with Crippen LogP contribution in [-0.4, -0.2) is 27.8 Å². The summed E-state index contributed by atoms with van der Waals surface area (Å²) in [7, 11) is -1.40. The fourth-order valence-electron chi connectivity index (χ4n) is 2.28. The number of alkyl halides is 3.